The lowest BCUT2D eigenvalue weighted by molar-refractivity contribution is 0.597. The van der Waals surface area contributed by atoms with Crippen molar-refractivity contribution in [1.82, 2.24) is 15.3 Å². The number of hydrogen-bond acceptors (Lipinski definition) is 3. The van der Waals surface area contributed by atoms with Crippen molar-refractivity contribution in [2.45, 2.75) is 45.7 Å². The molecule has 3 nitrogen and oxygen atoms in total. The molecule has 0 aromatic carbocycles. The van der Waals surface area contributed by atoms with Crippen molar-refractivity contribution in [3.63, 3.8) is 0 Å². The summed E-state index contributed by atoms with van der Waals surface area (Å²) in [5.41, 5.74) is 2.46. The van der Waals surface area contributed by atoms with E-state index in [1.165, 1.54) is 11.3 Å². The molecule has 76 valence electrons. The third-order valence-corrected chi connectivity index (χ3v) is 2.93. The molecule has 0 saturated carbocycles. The molecule has 2 heterocycles. The zero-order chi connectivity index (χ0) is 9.97. The van der Waals surface area contributed by atoms with Crippen LogP contribution in [0.25, 0.3) is 0 Å². The Morgan fingerprint density at radius 3 is 2.86 bits per heavy atom. The van der Waals surface area contributed by atoms with Gasteiger partial charge in [-0.1, -0.05) is 13.8 Å². The van der Waals surface area contributed by atoms with Gasteiger partial charge < -0.3 is 5.32 Å². The van der Waals surface area contributed by atoms with E-state index in [-0.39, 0.29) is 0 Å². The van der Waals surface area contributed by atoms with Crippen molar-refractivity contribution >= 4 is 0 Å². The first-order chi connectivity index (χ1) is 6.85. The smallest absolute Gasteiger partial charge is 0.131 e. The number of aromatic nitrogens is 2. The molecule has 1 aliphatic heterocycles. The van der Waals surface area contributed by atoms with Gasteiger partial charge in [0, 0.05) is 30.8 Å². The van der Waals surface area contributed by atoms with Crippen molar-refractivity contribution in [2.75, 3.05) is 0 Å². The number of nitrogens with one attached hydrogen (secondary N) is 1. The van der Waals surface area contributed by atoms with Gasteiger partial charge in [0.15, 0.2) is 0 Å². The van der Waals surface area contributed by atoms with Crippen molar-refractivity contribution in [2.24, 2.45) is 0 Å². The van der Waals surface area contributed by atoms with Crippen LogP contribution in [0.2, 0.25) is 0 Å². The van der Waals surface area contributed by atoms with Crippen LogP contribution in [0.5, 0.6) is 0 Å². The first kappa shape index (κ1) is 9.59. The van der Waals surface area contributed by atoms with E-state index in [0.29, 0.717) is 5.92 Å². The summed E-state index contributed by atoms with van der Waals surface area (Å²) in [6, 6.07) is 0. The summed E-state index contributed by atoms with van der Waals surface area (Å²) in [4.78, 5) is 9.06. The lowest BCUT2D eigenvalue weighted by Gasteiger charge is -2.11. The summed E-state index contributed by atoms with van der Waals surface area (Å²) in [5, 5.41) is 3.29. The number of rotatable bonds is 3. The Morgan fingerprint density at radius 1 is 1.36 bits per heavy atom. The molecule has 1 aliphatic rings. The fourth-order valence-electron chi connectivity index (χ4n) is 1.92. The van der Waals surface area contributed by atoms with E-state index in [1.807, 2.05) is 6.20 Å². The Hall–Kier alpha value is -0.960. The molecule has 3 heteroatoms. The Labute approximate surface area is 85.0 Å². The zero-order valence-electron chi connectivity index (χ0n) is 8.88. The highest BCUT2D eigenvalue weighted by molar-refractivity contribution is 5.22. The highest BCUT2D eigenvalue weighted by atomic mass is 15.0. The van der Waals surface area contributed by atoms with E-state index in [9.17, 15) is 0 Å². The van der Waals surface area contributed by atoms with Crippen molar-refractivity contribution < 1.29 is 0 Å². The third kappa shape index (κ3) is 1.64. The summed E-state index contributed by atoms with van der Waals surface area (Å²) in [6.07, 6.45) is 4.24. The number of fused-ring (bicyclic) bond motifs is 1. The molecule has 0 bridgehead atoms. The maximum absolute atomic E-state index is 4.62. The molecule has 0 spiro atoms. The predicted molar refractivity (Wildman–Crippen MR) is 55.9 cm³/mol. The van der Waals surface area contributed by atoms with Gasteiger partial charge in [0.2, 0.25) is 0 Å². The molecule has 0 atom stereocenters. The van der Waals surface area contributed by atoms with Crippen LogP contribution < -0.4 is 5.32 Å². The van der Waals surface area contributed by atoms with Crippen molar-refractivity contribution in [1.29, 1.82) is 0 Å². The van der Waals surface area contributed by atoms with Crippen LogP contribution in [-0.4, -0.2) is 9.97 Å². The van der Waals surface area contributed by atoms with E-state index in [2.05, 4.69) is 29.1 Å². The second-order valence-corrected chi connectivity index (χ2v) is 3.82. The monoisotopic (exact) mass is 191 g/mol. The molecule has 0 fully saturated rings. The van der Waals surface area contributed by atoms with E-state index >= 15 is 0 Å². The molecule has 0 radical (unpaired) electrons. The van der Waals surface area contributed by atoms with Gasteiger partial charge in [0.05, 0.1) is 5.69 Å². The molecule has 0 amide bonds. The van der Waals surface area contributed by atoms with E-state index < -0.39 is 0 Å². The summed E-state index contributed by atoms with van der Waals surface area (Å²) in [6.45, 7) is 6.23. The summed E-state index contributed by atoms with van der Waals surface area (Å²) < 4.78 is 0. The first-order valence-electron chi connectivity index (χ1n) is 5.40. The lowest BCUT2D eigenvalue weighted by atomic mass is 10.0. The van der Waals surface area contributed by atoms with E-state index in [0.717, 1.165) is 31.8 Å². The molecule has 0 aliphatic carbocycles. The largest absolute Gasteiger partial charge is 0.307 e. The number of nitrogens with zero attached hydrogens (tertiary/aromatic N) is 2. The van der Waals surface area contributed by atoms with Crippen LogP contribution in [0.15, 0.2) is 6.20 Å². The third-order valence-electron chi connectivity index (χ3n) is 2.93. The Morgan fingerprint density at radius 2 is 2.14 bits per heavy atom. The Kier molecular flexibility index (Phi) is 2.77. The van der Waals surface area contributed by atoms with Gasteiger partial charge in [0.25, 0.3) is 0 Å². The van der Waals surface area contributed by atoms with Crippen LogP contribution in [0.3, 0.4) is 0 Å². The molecular formula is C11H17N3. The van der Waals surface area contributed by atoms with Crippen LogP contribution >= 0.6 is 0 Å². The minimum atomic E-state index is 0.529. The molecule has 1 aromatic rings. The molecule has 14 heavy (non-hydrogen) atoms. The lowest BCUT2D eigenvalue weighted by Crippen LogP contribution is -2.05. The fourth-order valence-corrected chi connectivity index (χ4v) is 1.92. The second kappa shape index (κ2) is 4.05. The standard InChI is InChI=1S/C11H17N3/c1-3-8(4-2)11-13-6-9-5-12-7-10(9)14-11/h6,8,12H,3-5,7H2,1-2H3. The van der Waals surface area contributed by atoms with Gasteiger partial charge in [-0.2, -0.15) is 0 Å². The molecule has 0 unspecified atom stereocenters. The van der Waals surface area contributed by atoms with Gasteiger partial charge in [-0.15, -0.1) is 0 Å². The highest BCUT2D eigenvalue weighted by Crippen LogP contribution is 2.21. The molecule has 1 N–H and O–H groups in total. The van der Waals surface area contributed by atoms with Crippen molar-refractivity contribution in [3.05, 3.63) is 23.3 Å². The molecule has 0 saturated heterocycles. The Bertz CT molecular complexity index is 318. The summed E-state index contributed by atoms with van der Waals surface area (Å²) >= 11 is 0. The van der Waals surface area contributed by atoms with Crippen LogP contribution in [0, 0.1) is 0 Å². The van der Waals surface area contributed by atoms with E-state index in [4.69, 9.17) is 0 Å². The van der Waals surface area contributed by atoms with Gasteiger partial charge in [0.1, 0.15) is 5.82 Å². The molecule has 2 rings (SSSR count). The van der Waals surface area contributed by atoms with Crippen LogP contribution in [0.4, 0.5) is 0 Å². The van der Waals surface area contributed by atoms with Gasteiger partial charge >= 0.3 is 0 Å². The normalized spacial score (nSPS) is 14.8. The van der Waals surface area contributed by atoms with Crippen LogP contribution in [0.1, 0.15) is 49.7 Å². The van der Waals surface area contributed by atoms with Gasteiger partial charge in [-0.3, -0.25) is 0 Å². The SMILES string of the molecule is CCC(CC)c1ncc2c(n1)CNC2. The van der Waals surface area contributed by atoms with Gasteiger partial charge in [-0.25, -0.2) is 9.97 Å². The quantitative estimate of drug-likeness (QED) is 0.794. The van der Waals surface area contributed by atoms with Gasteiger partial charge in [-0.05, 0) is 12.8 Å². The van der Waals surface area contributed by atoms with Crippen LogP contribution in [-0.2, 0) is 13.1 Å². The topological polar surface area (TPSA) is 37.8 Å². The predicted octanol–water partition coefficient (Wildman–Crippen LogP) is 1.98. The second-order valence-electron chi connectivity index (χ2n) is 3.82. The first-order valence-corrected chi connectivity index (χ1v) is 5.40. The van der Waals surface area contributed by atoms with Crippen molar-refractivity contribution in [3.8, 4) is 0 Å². The minimum Gasteiger partial charge on any atom is -0.307 e. The number of hydrogen-bond donors (Lipinski definition) is 1. The zero-order valence-corrected chi connectivity index (χ0v) is 8.88. The summed E-state index contributed by atoms with van der Waals surface area (Å²) in [5.74, 6) is 1.55. The molecular weight excluding hydrogens is 174 g/mol. The maximum atomic E-state index is 4.62. The maximum Gasteiger partial charge on any atom is 0.131 e. The average molecular weight is 191 g/mol. The molecule has 1 aromatic heterocycles. The van der Waals surface area contributed by atoms with E-state index in [1.54, 1.807) is 0 Å². The summed E-state index contributed by atoms with van der Waals surface area (Å²) in [7, 11) is 0. The Balaban J connectivity index is 2.27. The minimum absolute atomic E-state index is 0.529. The average Bonchev–Trinajstić information content (AvgIpc) is 2.66. The fraction of sp³-hybridized carbons (Fsp3) is 0.636. The highest BCUT2D eigenvalue weighted by Gasteiger charge is 2.16.